The maximum Gasteiger partial charge on any atom is 0.490 e. The van der Waals surface area contributed by atoms with E-state index in [9.17, 15) is 0 Å². The molecule has 1 fully saturated rings. The maximum absolute atomic E-state index is 8.82. The van der Waals surface area contributed by atoms with Crippen LogP contribution >= 0.6 is 0 Å². The zero-order chi connectivity index (χ0) is 9.26. The summed E-state index contributed by atoms with van der Waals surface area (Å²) in [5.41, 5.74) is 1.51. The van der Waals surface area contributed by atoms with Gasteiger partial charge in [0.2, 0.25) is 0 Å². The summed E-state index contributed by atoms with van der Waals surface area (Å²) in [6.07, 6.45) is 5.18. The van der Waals surface area contributed by atoms with E-state index < -0.39 is 7.12 Å². The van der Waals surface area contributed by atoms with Gasteiger partial charge < -0.3 is 10.0 Å². The molecule has 0 unspecified atom stereocenters. The zero-order valence-electron chi connectivity index (χ0n) is 7.35. The molecule has 1 heterocycles. The van der Waals surface area contributed by atoms with Crippen LogP contribution in [0, 0.1) is 5.92 Å². The van der Waals surface area contributed by atoms with Crippen molar-refractivity contribution in [1.29, 1.82) is 0 Å². The average Bonchev–Trinajstić information content (AvgIpc) is 2.89. The largest absolute Gasteiger partial charge is 0.490 e. The van der Waals surface area contributed by atoms with E-state index in [2.05, 4.69) is 4.98 Å². The van der Waals surface area contributed by atoms with Crippen molar-refractivity contribution in [3.8, 4) is 0 Å². The van der Waals surface area contributed by atoms with Crippen LogP contribution in [0.3, 0.4) is 0 Å². The minimum atomic E-state index is -1.40. The minimum absolute atomic E-state index is 0.458. The zero-order valence-corrected chi connectivity index (χ0v) is 7.35. The highest BCUT2D eigenvalue weighted by molar-refractivity contribution is 6.58. The van der Waals surface area contributed by atoms with Gasteiger partial charge in [-0.3, -0.25) is 4.98 Å². The molecular formula is C9H12BNO2. The van der Waals surface area contributed by atoms with Gasteiger partial charge in [0.05, 0.1) is 0 Å². The molecule has 68 valence electrons. The van der Waals surface area contributed by atoms with E-state index in [1.165, 1.54) is 19.0 Å². The Bertz CT molecular complexity index is 282. The number of rotatable bonds is 3. The Morgan fingerprint density at radius 3 is 2.62 bits per heavy atom. The van der Waals surface area contributed by atoms with Crippen LogP contribution in [-0.4, -0.2) is 22.2 Å². The molecule has 0 spiro atoms. The summed E-state index contributed by atoms with van der Waals surface area (Å²) < 4.78 is 0. The fraction of sp³-hybridized carbons (Fsp3) is 0.444. The molecule has 0 bridgehead atoms. The molecule has 2 rings (SSSR count). The summed E-state index contributed by atoms with van der Waals surface area (Å²) in [6.45, 7) is 0. The quantitative estimate of drug-likeness (QED) is 0.624. The predicted octanol–water partition coefficient (Wildman–Crippen LogP) is -0.286. The molecule has 1 aliphatic carbocycles. The molecule has 0 amide bonds. The molecule has 0 atom stereocenters. The van der Waals surface area contributed by atoms with E-state index in [0.29, 0.717) is 5.46 Å². The molecule has 4 heteroatoms. The lowest BCUT2D eigenvalue weighted by Crippen LogP contribution is -2.30. The van der Waals surface area contributed by atoms with Gasteiger partial charge in [-0.1, -0.05) is 6.07 Å². The van der Waals surface area contributed by atoms with Crippen molar-refractivity contribution in [3.05, 3.63) is 24.0 Å². The number of nitrogens with zero attached hydrogens (tertiary/aromatic N) is 1. The Kier molecular flexibility index (Phi) is 2.33. The van der Waals surface area contributed by atoms with Crippen LogP contribution in [0.2, 0.25) is 0 Å². The first-order chi connectivity index (χ1) is 6.25. The monoisotopic (exact) mass is 177 g/mol. The molecule has 2 N–H and O–H groups in total. The van der Waals surface area contributed by atoms with Crippen LogP contribution in [-0.2, 0) is 6.42 Å². The van der Waals surface area contributed by atoms with Gasteiger partial charge in [0, 0.05) is 17.4 Å². The van der Waals surface area contributed by atoms with E-state index in [-0.39, 0.29) is 0 Å². The van der Waals surface area contributed by atoms with E-state index in [0.717, 1.165) is 18.0 Å². The average molecular weight is 177 g/mol. The van der Waals surface area contributed by atoms with E-state index in [4.69, 9.17) is 10.0 Å². The molecule has 0 aliphatic heterocycles. The van der Waals surface area contributed by atoms with Gasteiger partial charge in [-0.2, -0.15) is 0 Å². The fourth-order valence-corrected chi connectivity index (χ4v) is 1.33. The lowest BCUT2D eigenvalue weighted by atomic mass is 9.81. The van der Waals surface area contributed by atoms with Crippen molar-refractivity contribution in [1.82, 2.24) is 4.98 Å². The Balaban J connectivity index is 2.04. The Morgan fingerprint density at radius 2 is 2.15 bits per heavy atom. The van der Waals surface area contributed by atoms with Crippen LogP contribution in [0.5, 0.6) is 0 Å². The second-order valence-corrected chi connectivity index (χ2v) is 3.60. The smallest absolute Gasteiger partial charge is 0.423 e. The third-order valence-corrected chi connectivity index (χ3v) is 2.34. The summed E-state index contributed by atoms with van der Waals surface area (Å²) in [4.78, 5) is 4.16. The fourth-order valence-electron chi connectivity index (χ4n) is 1.33. The second-order valence-electron chi connectivity index (χ2n) is 3.60. The third-order valence-electron chi connectivity index (χ3n) is 2.34. The van der Waals surface area contributed by atoms with Crippen LogP contribution in [0.15, 0.2) is 18.3 Å². The molecular weight excluding hydrogens is 165 g/mol. The Hall–Kier alpha value is -0.865. The molecule has 0 radical (unpaired) electrons. The van der Waals surface area contributed by atoms with Crippen molar-refractivity contribution in [2.75, 3.05) is 0 Å². The molecule has 0 saturated heterocycles. The highest BCUT2D eigenvalue weighted by Crippen LogP contribution is 2.31. The molecule has 0 aromatic carbocycles. The van der Waals surface area contributed by atoms with Gasteiger partial charge in [-0.05, 0) is 31.2 Å². The molecule has 1 saturated carbocycles. The molecule has 1 aromatic rings. The predicted molar refractivity (Wildman–Crippen MR) is 50.5 cm³/mol. The summed E-state index contributed by atoms with van der Waals surface area (Å²) in [6, 6.07) is 3.59. The van der Waals surface area contributed by atoms with Gasteiger partial charge in [-0.15, -0.1) is 0 Å². The number of hydrogen-bond donors (Lipinski definition) is 2. The van der Waals surface area contributed by atoms with Crippen LogP contribution in [0.1, 0.15) is 18.5 Å². The normalized spacial score (nSPS) is 15.8. The lowest BCUT2D eigenvalue weighted by Gasteiger charge is -2.00. The van der Waals surface area contributed by atoms with Crippen molar-refractivity contribution in [2.45, 2.75) is 19.3 Å². The Morgan fingerprint density at radius 1 is 1.38 bits per heavy atom. The minimum Gasteiger partial charge on any atom is -0.423 e. The molecule has 1 aromatic heterocycles. The van der Waals surface area contributed by atoms with E-state index in [1.54, 1.807) is 6.07 Å². The van der Waals surface area contributed by atoms with E-state index in [1.807, 2.05) is 6.07 Å². The summed E-state index contributed by atoms with van der Waals surface area (Å²) in [5, 5.41) is 17.6. The highest BCUT2D eigenvalue weighted by Gasteiger charge is 2.22. The van der Waals surface area contributed by atoms with Gasteiger partial charge >= 0.3 is 7.12 Å². The molecule has 1 aliphatic rings. The third kappa shape index (κ3) is 2.29. The van der Waals surface area contributed by atoms with Crippen molar-refractivity contribution in [2.24, 2.45) is 5.92 Å². The van der Waals surface area contributed by atoms with Crippen LogP contribution < -0.4 is 5.46 Å². The molecule has 13 heavy (non-hydrogen) atoms. The number of pyridine rings is 1. The summed E-state index contributed by atoms with van der Waals surface area (Å²) in [7, 11) is -1.40. The lowest BCUT2D eigenvalue weighted by molar-refractivity contribution is 0.425. The van der Waals surface area contributed by atoms with Crippen molar-refractivity contribution in [3.63, 3.8) is 0 Å². The standard InChI is InChI=1S/C9H12BNO2/c12-10(13)8-3-4-9(11-6-8)5-7-1-2-7/h3-4,6-7,12-13H,1-2,5H2. The molecule has 3 nitrogen and oxygen atoms in total. The van der Waals surface area contributed by atoms with Gasteiger partial charge in [0.15, 0.2) is 0 Å². The first kappa shape index (κ1) is 8.72. The number of hydrogen-bond acceptors (Lipinski definition) is 3. The topological polar surface area (TPSA) is 53.4 Å². The van der Waals surface area contributed by atoms with Crippen molar-refractivity contribution < 1.29 is 10.0 Å². The number of aromatic nitrogens is 1. The van der Waals surface area contributed by atoms with E-state index >= 15 is 0 Å². The summed E-state index contributed by atoms with van der Waals surface area (Å²) >= 11 is 0. The van der Waals surface area contributed by atoms with Gasteiger partial charge in [0.25, 0.3) is 0 Å². The van der Waals surface area contributed by atoms with Gasteiger partial charge in [0.1, 0.15) is 0 Å². The first-order valence-corrected chi connectivity index (χ1v) is 4.56. The summed E-state index contributed by atoms with van der Waals surface area (Å²) in [5.74, 6) is 0.817. The highest BCUT2D eigenvalue weighted by atomic mass is 16.4. The Labute approximate surface area is 77.6 Å². The van der Waals surface area contributed by atoms with Gasteiger partial charge in [-0.25, -0.2) is 0 Å². The van der Waals surface area contributed by atoms with Crippen molar-refractivity contribution >= 4 is 12.6 Å². The van der Waals surface area contributed by atoms with Crippen LogP contribution in [0.4, 0.5) is 0 Å². The maximum atomic E-state index is 8.82. The van der Waals surface area contributed by atoms with Crippen LogP contribution in [0.25, 0.3) is 0 Å². The first-order valence-electron chi connectivity index (χ1n) is 4.56. The second kappa shape index (κ2) is 3.48. The SMILES string of the molecule is OB(O)c1ccc(CC2CC2)nc1.